The zero-order valence-corrected chi connectivity index (χ0v) is 14.0. The Morgan fingerprint density at radius 1 is 1.46 bits per heavy atom. The predicted octanol–water partition coefficient (Wildman–Crippen LogP) is 2.34. The summed E-state index contributed by atoms with van der Waals surface area (Å²) in [6.45, 7) is 4.02. The second-order valence-corrected chi connectivity index (χ2v) is 6.45. The first-order valence-electron chi connectivity index (χ1n) is 8.32. The number of furan rings is 1. The molecule has 1 atom stereocenters. The number of hydrogen-bond acceptors (Lipinski definition) is 4. The van der Waals surface area contributed by atoms with Crippen LogP contribution in [0.2, 0.25) is 0 Å². The third kappa shape index (κ3) is 4.58. The van der Waals surface area contributed by atoms with Gasteiger partial charge in [0, 0.05) is 50.7 Å². The van der Waals surface area contributed by atoms with Crippen LogP contribution in [0.4, 0.5) is 4.79 Å². The summed E-state index contributed by atoms with van der Waals surface area (Å²) < 4.78 is 5.01. The Morgan fingerprint density at radius 2 is 2.38 bits per heavy atom. The Kier molecular flexibility index (Phi) is 5.48. The fourth-order valence-corrected chi connectivity index (χ4v) is 3.16. The van der Waals surface area contributed by atoms with E-state index in [-0.39, 0.29) is 6.03 Å². The van der Waals surface area contributed by atoms with Crippen molar-refractivity contribution in [2.75, 3.05) is 26.7 Å². The largest absolute Gasteiger partial charge is 0.472 e. The minimum atomic E-state index is 0.00797. The van der Waals surface area contributed by atoms with Gasteiger partial charge < -0.3 is 19.5 Å². The number of likely N-dealkylation sites (tertiary alicyclic amines) is 1. The van der Waals surface area contributed by atoms with Crippen molar-refractivity contribution < 1.29 is 9.21 Å². The van der Waals surface area contributed by atoms with Gasteiger partial charge in [-0.3, -0.25) is 4.98 Å². The summed E-state index contributed by atoms with van der Waals surface area (Å²) in [5.74, 6) is 0.520. The predicted molar refractivity (Wildman–Crippen MR) is 91.2 cm³/mol. The molecule has 1 N–H and O–H groups in total. The number of nitrogens with zero attached hydrogens (tertiary/aromatic N) is 3. The van der Waals surface area contributed by atoms with E-state index < -0.39 is 0 Å². The molecule has 2 aromatic heterocycles. The van der Waals surface area contributed by atoms with Crippen LogP contribution in [-0.4, -0.2) is 47.5 Å². The monoisotopic (exact) mass is 328 g/mol. The number of carbonyl (C=O) groups excluding carboxylic acids is 1. The molecule has 0 saturated carbocycles. The molecular formula is C18H24N4O2. The average Bonchev–Trinajstić information content (AvgIpc) is 3.25. The molecule has 0 radical (unpaired) electrons. The second kappa shape index (κ2) is 7.97. The fourth-order valence-electron chi connectivity index (χ4n) is 3.16. The van der Waals surface area contributed by atoms with Gasteiger partial charge in [-0.15, -0.1) is 0 Å². The first kappa shape index (κ1) is 16.5. The molecule has 3 heterocycles. The van der Waals surface area contributed by atoms with Crippen LogP contribution >= 0.6 is 0 Å². The summed E-state index contributed by atoms with van der Waals surface area (Å²) in [7, 11) is 2.12. The molecule has 6 heteroatoms. The van der Waals surface area contributed by atoms with Crippen LogP contribution in [-0.2, 0) is 13.1 Å². The molecule has 24 heavy (non-hydrogen) atoms. The van der Waals surface area contributed by atoms with E-state index >= 15 is 0 Å². The average molecular weight is 328 g/mol. The van der Waals surface area contributed by atoms with Crippen molar-refractivity contribution in [3.8, 4) is 0 Å². The van der Waals surface area contributed by atoms with Gasteiger partial charge in [0.1, 0.15) is 0 Å². The van der Waals surface area contributed by atoms with Crippen LogP contribution in [0.15, 0.2) is 47.5 Å². The van der Waals surface area contributed by atoms with E-state index in [1.807, 2.05) is 23.2 Å². The number of urea groups is 1. The van der Waals surface area contributed by atoms with Crippen LogP contribution in [0.5, 0.6) is 0 Å². The smallest absolute Gasteiger partial charge is 0.317 e. The van der Waals surface area contributed by atoms with Gasteiger partial charge in [0.05, 0.1) is 12.5 Å². The first-order valence-corrected chi connectivity index (χ1v) is 8.32. The third-order valence-corrected chi connectivity index (χ3v) is 4.34. The summed E-state index contributed by atoms with van der Waals surface area (Å²) in [5, 5.41) is 2.95. The Morgan fingerprint density at radius 3 is 3.12 bits per heavy atom. The number of pyridine rings is 1. The lowest BCUT2D eigenvalue weighted by atomic mass is 10.1. The van der Waals surface area contributed by atoms with Gasteiger partial charge in [-0.2, -0.15) is 0 Å². The van der Waals surface area contributed by atoms with E-state index in [2.05, 4.69) is 28.3 Å². The van der Waals surface area contributed by atoms with Crippen molar-refractivity contribution in [2.24, 2.45) is 5.92 Å². The van der Waals surface area contributed by atoms with Crippen molar-refractivity contribution in [3.05, 3.63) is 54.2 Å². The number of carbonyl (C=O) groups is 1. The highest BCUT2D eigenvalue weighted by molar-refractivity contribution is 5.74. The van der Waals surface area contributed by atoms with Crippen molar-refractivity contribution in [1.29, 1.82) is 0 Å². The lowest BCUT2D eigenvalue weighted by Gasteiger charge is -2.21. The van der Waals surface area contributed by atoms with Crippen LogP contribution in [0, 0.1) is 5.92 Å². The maximum atomic E-state index is 12.2. The molecule has 0 aromatic carbocycles. The number of hydrogen-bond donors (Lipinski definition) is 1. The van der Waals surface area contributed by atoms with Gasteiger partial charge in [0.25, 0.3) is 0 Å². The Hall–Kier alpha value is -2.34. The van der Waals surface area contributed by atoms with Crippen LogP contribution < -0.4 is 5.32 Å². The van der Waals surface area contributed by atoms with Crippen molar-refractivity contribution >= 4 is 6.03 Å². The van der Waals surface area contributed by atoms with Gasteiger partial charge >= 0.3 is 6.03 Å². The van der Waals surface area contributed by atoms with Gasteiger partial charge in [0.15, 0.2) is 0 Å². The Balaban J connectivity index is 1.40. The van der Waals surface area contributed by atoms with Gasteiger partial charge in [-0.25, -0.2) is 4.79 Å². The van der Waals surface area contributed by atoms with Crippen molar-refractivity contribution in [3.63, 3.8) is 0 Å². The molecule has 0 bridgehead atoms. The van der Waals surface area contributed by atoms with Gasteiger partial charge in [-0.05, 0) is 37.1 Å². The number of aromatic nitrogens is 1. The van der Waals surface area contributed by atoms with Gasteiger partial charge in [-0.1, -0.05) is 6.07 Å². The molecule has 1 aliphatic heterocycles. The molecule has 1 fully saturated rings. The minimum Gasteiger partial charge on any atom is -0.472 e. The molecule has 2 amide bonds. The summed E-state index contributed by atoms with van der Waals surface area (Å²) >= 11 is 0. The maximum Gasteiger partial charge on any atom is 0.317 e. The highest BCUT2D eigenvalue weighted by Gasteiger charge is 2.26. The SMILES string of the molecule is CN(Cc1cccnc1)CC1CCN(C(=O)NCc2ccoc2)C1. The van der Waals surface area contributed by atoms with Crippen LogP contribution in [0.25, 0.3) is 0 Å². The summed E-state index contributed by atoms with van der Waals surface area (Å²) in [6, 6.07) is 5.92. The maximum absolute atomic E-state index is 12.2. The van der Waals surface area contributed by atoms with E-state index in [4.69, 9.17) is 4.42 Å². The lowest BCUT2D eigenvalue weighted by Crippen LogP contribution is -2.38. The summed E-state index contributed by atoms with van der Waals surface area (Å²) in [4.78, 5) is 20.6. The van der Waals surface area contributed by atoms with Crippen LogP contribution in [0.1, 0.15) is 17.5 Å². The molecule has 0 spiro atoms. The molecule has 3 rings (SSSR count). The number of amides is 2. The second-order valence-electron chi connectivity index (χ2n) is 6.45. The van der Waals surface area contributed by atoms with Crippen molar-refractivity contribution in [1.82, 2.24) is 20.1 Å². The fraction of sp³-hybridized carbons (Fsp3) is 0.444. The van der Waals surface area contributed by atoms with Gasteiger partial charge in [0.2, 0.25) is 0 Å². The molecule has 2 aromatic rings. The van der Waals surface area contributed by atoms with E-state index in [0.717, 1.165) is 38.2 Å². The van der Waals surface area contributed by atoms with E-state index in [9.17, 15) is 4.79 Å². The highest BCUT2D eigenvalue weighted by Crippen LogP contribution is 2.18. The van der Waals surface area contributed by atoms with E-state index in [0.29, 0.717) is 12.5 Å². The minimum absolute atomic E-state index is 0.00797. The zero-order chi connectivity index (χ0) is 16.8. The standard InChI is InChI=1S/C18H24N4O2/c1-21(11-15-3-2-6-19-9-15)12-17-4-7-22(13-17)18(23)20-10-16-5-8-24-14-16/h2-3,5-6,8-9,14,17H,4,7,10-13H2,1H3,(H,20,23). The quantitative estimate of drug-likeness (QED) is 0.884. The normalized spacial score (nSPS) is 17.4. The first-order chi connectivity index (χ1) is 11.7. The van der Waals surface area contributed by atoms with E-state index in [1.54, 1.807) is 18.7 Å². The molecule has 0 aliphatic carbocycles. The molecule has 1 aliphatic rings. The van der Waals surface area contributed by atoms with Crippen LogP contribution in [0.3, 0.4) is 0 Å². The topological polar surface area (TPSA) is 61.6 Å². The van der Waals surface area contributed by atoms with E-state index in [1.165, 1.54) is 5.56 Å². The lowest BCUT2D eigenvalue weighted by molar-refractivity contribution is 0.203. The molecule has 1 saturated heterocycles. The Bertz CT molecular complexity index is 630. The molecule has 1 unspecified atom stereocenters. The van der Waals surface area contributed by atoms with Crippen molar-refractivity contribution in [2.45, 2.75) is 19.5 Å². The molecule has 6 nitrogen and oxygen atoms in total. The molecule has 128 valence electrons. The Labute approximate surface area is 142 Å². The zero-order valence-electron chi connectivity index (χ0n) is 14.0. The third-order valence-electron chi connectivity index (χ3n) is 4.34. The molecular weight excluding hydrogens is 304 g/mol. The highest BCUT2D eigenvalue weighted by atomic mass is 16.3. The summed E-state index contributed by atoms with van der Waals surface area (Å²) in [5.41, 5.74) is 2.20. The number of rotatable bonds is 6. The number of nitrogens with one attached hydrogen (secondary N) is 1. The summed E-state index contributed by atoms with van der Waals surface area (Å²) in [6.07, 6.45) is 8.02.